The minimum atomic E-state index is -0.425. The van der Waals surface area contributed by atoms with Crippen LogP contribution in [0.3, 0.4) is 0 Å². The maximum atomic E-state index is 2.49. The molecule has 0 bridgehead atoms. The van der Waals surface area contributed by atoms with E-state index in [1.165, 1.54) is 109 Å². The number of anilines is 3. The molecule has 9 aromatic carbocycles. The second kappa shape index (κ2) is 12.7. The van der Waals surface area contributed by atoms with Crippen LogP contribution in [0.1, 0.15) is 22.3 Å². The number of fused-ring (bicyclic) bond motifs is 16. The molecule has 0 saturated heterocycles. The molecule has 1 spiro atoms. The van der Waals surface area contributed by atoms with Crippen LogP contribution in [0.2, 0.25) is 0 Å². The average Bonchev–Trinajstić information content (AvgIpc) is 4.14. The first-order chi connectivity index (χ1) is 30.8. The molecule has 2 aliphatic carbocycles. The van der Waals surface area contributed by atoms with E-state index in [1.807, 2.05) is 11.3 Å². The standard InChI is InChI=1S/C59H36N2S/c1-2-15-37(16-3-1)39-17-12-18-41(35-39)60(40-33-31-38(32-34-40)55-36-48-46-24-13-23-45-44-21-7-11-29-53(44)61(57(45)46)58(48)62-55)54-30-14-28-52-56(54)47-22-6-10-27-51(47)59(52)49-25-8-4-19-42(49)43-20-5-9-26-50(43)59/h1-36H. The Morgan fingerprint density at radius 1 is 0.387 bits per heavy atom. The highest BCUT2D eigenvalue weighted by atomic mass is 32.1. The van der Waals surface area contributed by atoms with E-state index >= 15 is 0 Å². The molecule has 0 amide bonds. The van der Waals surface area contributed by atoms with Crippen LogP contribution < -0.4 is 4.90 Å². The van der Waals surface area contributed by atoms with Crippen molar-refractivity contribution in [2.75, 3.05) is 4.90 Å². The van der Waals surface area contributed by atoms with Crippen LogP contribution in [0.25, 0.3) is 81.2 Å². The molecule has 0 atom stereocenters. The summed E-state index contributed by atoms with van der Waals surface area (Å²) >= 11 is 1.89. The normalized spacial score (nSPS) is 13.3. The van der Waals surface area contributed by atoms with Gasteiger partial charge in [-0.25, -0.2) is 0 Å². The molecule has 3 aromatic heterocycles. The van der Waals surface area contributed by atoms with Crippen LogP contribution in [-0.4, -0.2) is 4.40 Å². The van der Waals surface area contributed by atoms with E-state index in [9.17, 15) is 0 Å². The second-order valence-corrected chi connectivity index (χ2v) is 17.8. The fourth-order valence-electron chi connectivity index (χ4n) is 11.3. The van der Waals surface area contributed by atoms with Gasteiger partial charge in [-0.1, -0.05) is 176 Å². The third kappa shape index (κ3) is 4.42. The third-order valence-electron chi connectivity index (χ3n) is 13.8. The Labute approximate surface area is 363 Å². The number of para-hydroxylation sites is 2. The smallest absolute Gasteiger partial charge is 0.109 e. The second-order valence-electron chi connectivity index (χ2n) is 16.8. The van der Waals surface area contributed by atoms with Gasteiger partial charge in [0.05, 0.1) is 22.1 Å². The summed E-state index contributed by atoms with van der Waals surface area (Å²) in [6, 6.07) is 81.3. The van der Waals surface area contributed by atoms with Crippen molar-refractivity contribution in [2.24, 2.45) is 0 Å². The first-order valence-electron chi connectivity index (χ1n) is 21.4. The van der Waals surface area contributed by atoms with E-state index in [-0.39, 0.29) is 0 Å². The molecule has 0 radical (unpaired) electrons. The molecule has 288 valence electrons. The monoisotopic (exact) mass is 804 g/mol. The van der Waals surface area contributed by atoms with Gasteiger partial charge in [0.15, 0.2) is 0 Å². The highest BCUT2D eigenvalue weighted by molar-refractivity contribution is 7.22. The lowest BCUT2D eigenvalue weighted by Crippen LogP contribution is -2.26. The quantitative estimate of drug-likeness (QED) is 0.168. The molecule has 0 aliphatic heterocycles. The molecule has 3 heterocycles. The summed E-state index contributed by atoms with van der Waals surface area (Å²) in [7, 11) is 0. The van der Waals surface area contributed by atoms with Crippen molar-refractivity contribution < 1.29 is 0 Å². The Morgan fingerprint density at radius 3 is 1.74 bits per heavy atom. The number of hydrogen-bond donors (Lipinski definition) is 0. The predicted molar refractivity (Wildman–Crippen MR) is 261 cm³/mol. The highest BCUT2D eigenvalue weighted by Gasteiger charge is 2.52. The Hall–Kier alpha value is -7.72. The largest absolute Gasteiger partial charge is 0.310 e. The molecule has 0 N–H and O–H groups in total. The number of rotatable bonds is 5. The summed E-state index contributed by atoms with van der Waals surface area (Å²) in [5.74, 6) is 0. The van der Waals surface area contributed by atoms with E-state index < -0.39 is 5.41 Å². The zero-order valence-electron chi connectivity index (χ0n) is 33.6. The molecule has 2 nitrogen and oxygen atoms in total. The molecule has 0 saturated carbocycles. The summed E-state index contributed by atoms with van der Waals surface area (Å²) in [6.45, 7) is 0. The minimum absolute atomic E-state index is 0.425. The van der Waals surface area contributed by atoms with Gasteiger partial charge >= 0.3 is 0 Å². The van der Waals surface area contributed by atoms with Crippen molar-refractivity contribution in [1.29, 1.82) is 0 Å². The third-order valence-corrected chi connectivity index (χ3v) is 14.9. The maximum absolute atomic E-state index is 2.49. The molecule has 2 aliphatic rings. The highest BCUT2D eigenvalue weighted by Crippen LogP contribution is 2.64. The maximum Gasteiger partial charge on any atom is 0.109 e. The number of hydrogen-bond acceptors (Lipinski definition) is 2. The Kier molecular flexibility index (Phi) is 6.95. The molecule has 3 heteroatoms. The van der Waals surface area contributed by atoms with E-state index in [0.717, 1.165) is 11.4 Å². The van der Waals surface area contributed by atoms with Gasteiger partial charge in [0.2, 0.25) is 0 Å². The van der Waals surface area contributed by atoms with Gasteiger partial charge in [0.25, 0.3) is 0 Å². The van der Waals surface area contributed by atoms with Gasteiger partial charge in [-0.15, -0.1) is 11.3 Å². The van der Waals surface area contributed by atoms with Gasteiger partial charge in [0, 0.05) is 43.4 Å². The summed E-state index contributed by atoms with van der Waals surface area (Å²) in [5, 5.41) is 5.28. The Balaban J connectivity index is 0.976. The lowest BCUT2D eigenvalue weighted by Gasteiger charge is -2.32. The van der Waals surface area contributed by atoms with Crippen molar-refractivity contribution in [2.45, 2.75) is 5.41 Å². The van der Waals surface area contributed by atoms with Gasteiger partial charge in [-0.05, 0) is 98.1 Å². The van der Waals surface area contributed by atoms with E-state index in [1.54, 1.807) is 0 Å². The van der Waals surface area contributed by atoms with Gasteiger partial charge in [-0.2, -0.15) is 0 Å². The summed E-state index contributed by atoms with van der Waals surface area (Å²) in [6.07, 6.45) is 0. The lowest BCUT2D eigenvalue weighted by atomic mass is 9.70. The fourth-order valence-corrected chi connectivity index (χ4v) is 12.5. The number of nitrogens with zero attached hydrogens (tertiary/aromatic N) is 2. The molecule has 12 aromatic rings. The number of benzene rings is 9. The van der Waals surface area contributed by atoms with E-state index in [0.29, 0.717) is 0 Å². The Morgan fingerprint density at radius 2 is 0.968 bits per heavy atom. The zero-order valence-corrected chi connectivity index (χ0v) is 34.4. The van der Waals surface area contributed by atoms with Gasteiger partial charge < -0.3 is 4.90 Å². The molecular formula is C59H36N2S. The topological polar surface area (TPSA) is 7.65 Å². The van der Waals surface area contributed by atoms with E-state index in [4.69, 9.17) is 0 Å². The summed E-state index contributed by atoms with van der Waals surface area (Å²) in [4.78, 5) is 5.07. The molecule has 14 rings (SSSR count). The minimum Gasteiger partial charge on any atom is -0.310 e. The van der Waals surface area contributed by atoms with Crippen LogP contribution in [0.4, 0.5) is 17.1 Å². The van der Waals surface area contributed by atoms with E-state index in [2.05, 4.69) is 228 Å². The van der Waals surface area contributed by atoms with Gasteiger partial charge in [0.1, 0.15) is 4.83 Å². The molecule has 62 heavy (non-hydrogen) atoms. The van der Waals surface area contributed by atoms with Crippen LogP contribution in [0.15, 0.2) is 218 Å². The predicted octanol–water partition coefficient (Wildman–Crippen LogP) is 16.0. The number of thiophene rings is 1. The Bertz CT molecular complexity index is 3710. The van der Waals surface area contributed by atoms with Crippen molar-refractivity contribution >= 4 is 65.8 Å². The zero-order chi connectivity index (χ0) is 40.5. The lowest BCUT2D eigenvalue weighted by molar-refractivity contribution is 0.794. The summed E-state index contributed by atoms with van der Waals surface area (Å²) < 4.78 is 2.49. The van der Waals surface area contributed by atoms with Gasteiger partial charge in [-0.3, -0.25) is 4.40 Å². The van der Waals surface area contributed by atoms with Crippen LogP contribution >= 0.6 is 11.3 Å². The SMILES string of the molecule is c1ccc(-c2cccc(N(c3ccc(-c4cc5c6cccc7c8ccccc8n(c5s4)c76)cc3)c3cccc4c3-c3ccccc3C43c4ccccc4-c4ccccc43)c2)cc1. The molecule has 0 unspecified atom stereocenters. The van der Waals surface area contributed by atoms with Crippen LogP contribution in [0, 0.1) is 0 Å². The first kappa shape index (κ1) is 34.0. The number of aromatic nitrogens is 1. The summed E-state index contributed by atoms with van der Waals surface area (Å²) in [5.41, 5.74) is 19.8. The average molecular weight is 805 g/mol. The molecule has 0 fully saturated rings. The molecular weight excluding hydrogens is 769 g/mol. The fraction of sp³-hybridized carbons (Fsp3) is 0.0169. The van der Waals surface area contributed by atoms with Crippen molar-refractivity contribution in [3.8, 4) is 43.8 Å². The van der Waals surface area contributed by atoms with Crippen molar-refractivity contribution in [1.82, 2.24) is 4.40 Å². The van der Waals surface area contributed by atoms with Crippen LogP contribution in [-0.2, 0) is 5.41 Å². The van der Waals surface area contributed by atoms with Crippen LogP contribution in [0.5, 0.6) is 0 Å². The van der Waals surface area contributed by atoms with Crippen molar-refractivity contribution in [3.63, 3.8) is 0 Å². The van der Waals surface area contributed by atoms with Crippen molar-refractivity contribution in [3.05, 3.63) is 241 Å². The first-order valence-corrected chi connectivity index (χ1v) is 22.2.